The summed E-state index contributed by atoms with van der Waals surface area (Å²) in [5.41, 5.74) is -0.938. The molecule has 0 aromatic carbocycles. The van der Waals surface area contributed by atoms with Crippen molar-refractivity contribution < 1.29 is 9.59 Å². The summed E-state index contributed by atoms with van der Waals surface area (Å²) in [7, 11) is 0. The molecule has 0 saturated carbocycles. The van der Waals surface area contributed by atoms with Gasteiger partial charge < -0.3 is 10.6 Å². The van der Waals surface area contributed by atoms with Crippen LogP contribution in [0.25, 0.3) is 0 Å². The third-order valence-corrected chi connectivity index (χ3v) is 4.06. The molecule has 112 valence electrons. The first-order chi connectivity index (χ1) is 8.87. The number of hydrogen-bond donors (Lipinski definition) is 2. The predicted octanol–water partition coefficient (Wildman–Crippen LogP) is 2.62. The molecular weight excluding hydrogens is 240 g/mol. The van der Waals surface area contributed by atoms with Crippen molar-refractivity contribution in [1.29, 1.82) is 0 Å². The van der Waals surface area contributed by atoms with Gasteiger partial charge in [-0.3, -0.25) is 9.59 Å². The summed E-state index contributed by atoms with van der Waals surface area (Å²) in [6.45, 7) is 11.8. The Morgan fingerprint density at radius 3 is 1.37 bits per heavy atom. The van der Waals surface area contributed by atoms with Crippen molar-refractivity contribution in [2.45, 2.75) is 79.3 Å². The van der Waals surface area contributed by atoms with Crippen molar-refractivity contribution in [3.05, 3.63) is 0 Å². The Labute approximate surface area is 117 Å². The lowest BCUT2D eigenvalue weighted by Gasteiger charge is -2.31. The number of carbonyl (C=O) groups is 2. The molecule has 0 radical (unpaired) electrons. The summed E-state index contributed by atoms with van der Waals surface area (Å²) in [4.78, 5) is 24.9. The largest absolute Gasteiger partial charge is 0.353 e. The number of amides is 2. The molecule has 0 heterocycles. The molecule has 0 rings (SSSR count). The van der Waals surface area contributed by atoms with Crippen LogP contribution in [0.5, 0.6) is 0 Å². The minimum Gasteiger partial charge on any atom is -0.353 e. The van der Waals surface area contributed by atoms with Gasteiger partial charge in [0.15, 0.2) is 0 Å². The molecule has 0 saturated heterocycles. The highest BCUT2D eigenvalue weighted by molar-refractivity contribution is 6.05. The molecule has 19 heavy (non-hydrogen) atoms. The van der Waals surface area contributed by atoms with Crippen LogP contribution in [0, 0.1) is 5.41 Å². The average molecular weight is 270 g/mol. The van der Waals surface area contributed by atoms with Gasteiger partial charge in [-0.05, 0) is 39.5 Å². The quantitative estimate of drug-likeness (QED) is 0.666. The van der Waals surface area contributed by atoms with E-state index in [2.05, 4.69) is 10.6 Å². The molecule has 0 aromatic rings. The smallest absolute Gasteiger partial charge is 0.235 e. The maximum atomic E-state index is 12.4. The molecule has 2 N–H and O–H groups in total. The van der Waals surface area contributed by atoms with E-state index in [1.807, 2.05) is 41.5 Å². The van der Waals surface area contributed by atoms with Crippen LogP contribution in [-0.4, -0.2) is 23.9 Å². The first-order valence-corrected chi connectivity index (χ1v) is 7.49. The maximum Gasteiger partial charge on any atom is 0.235 e. The molecule has 0 bridgehead atoms. The molecule has 2 atom stereocenters. The monoisotopic (exact) mass is 270 g/mol. The second-order valence-electron chi connectivity index (χ2n) is 5.35. The minimum atomic E-state index is -0.938. The summed E-state index contributed by atoms with van der Waals surface area (Å²) in [5.74, 6) is -0.291. The summed E-state index contributed by atoms with van der Waals surface area (Å²) < 4.78 is 0. The van der Waals surface area contributed by atoms with Crippen molar-refractivity contribution in [3.63, 3.8) is 0 Å². The molecule has 0 aliphatic carbocycles. The standard InChI is InChI=1S/C15H30N2O2/c1-7-11(5)16-13(18)15(9-3,10-4)14(19)17-12(6)8-2/h11-12H,7-10H2,1-6H3,(H,16,18)(H,17,19)/t11-,12+. The summed E-state index contributed by atoms with van der Waals surface area (Å²) in [6.07, 6.45) is 2.77. The molecule has 2 amide bonds. The van der Waals surface area contributed by atoms with Gasteiger partial charge in [0.1, 0.15) is 5.41 Å². The molecule has 0 fully saturated rings. The zero-order valence-corrected chi connectivity index (χ0v) is 13.3. The number of hydrogen-bond acceptors (Lipinski definition) is 2. The fourth-order valence-corrected chi connectivity index (χ4v) is 1.92. The first kappa shape index (κ1) is 17.9. The first-order valence-electron chi connectivity index (χ1n) is 7.49. The van der Waals surface area contributed by atoms with Crippen LogP contribution in [0.1, 0.15) is 67.2 Å². The van der Waals surface area contributed by atoms with Crippen LogP contribution in [0.15, 0.2) is 0 Å². The summed E-state index contributed by atoms with van der Waals surface area (Å²) in [5, 5.41) is 5.89. The van der Waals surface area contributed by atoms with Crippen LogP contribution in [-0.2, 0) is 9.59 Å². The van der Waals surface area contributed by atoms with Gasteiger partial charge in [-0.2, -0.15) is 0 Å². The molecule has 0 aromatic heterocycles. The normalized spacial score (nSPS) is 14.6. The zero-order chi connectivity index (χ0) is 15.1. The Morgan fingerprint density at radius 1 is 0.842 bits per heavy atom. The zero-order valence-electron chi connectivity index (χ0n) is 13.3. The van der Waals surface area contributed by atoms with Gasteiger partial charge in [-0.25, -0.2) is 0 Å². The fraction of sp³-hybridized carbons (Fsp3) is 0.867. The van der Waals surface area contributed by atoms with Gasteiger partial charge in [-0.1, -0.05) is 27.7 Å². The molecule has 0 spiro atoms. The van der Waals surface area contributed by atoms with Crippen molar-refractivity contribution in [2.24, 2.45) is 5.41 Å². The van der Waals surface area contributed by atoms with Gasteiger partial charge >= 0.3 is 0 Å². The second-order valence-corrected chi connectivity index (χ2v) is 5.35. The molecule has 4 nitrogen and oxygen atoms in total. The second kappa shape index (κ2) is 8.18. The van der Waals surface area contributed by atoms with E-state index in [9.17, 15) is 9.59 Å². The topological polar surface area (TPSA) is 58.2 Å². The van der Waals surface area contributed by atoms with E-state index >= 15 is 0 Å². The van der Waals surface area contributed by atoms with Crippen LogP contribution >= 0.6 is 0 Å². The van der Waals surface area contributed by atoms with E-state index < -0.39 is 5.41 Å². The molecule has 0 aliphatic rings. The Morgan fingerprint density at radius 2 is 1.16 bits per heavy atom. The molecular formula is C15H30N2O2. The van der Waals surface area contributed by atoms with Gasteiger partial charge in [-0.15, -0.1) is 0 Å². The van der Waals surface area contributed by atoms with Gasteiger partial charge in [0, 0.05) is 12.1 Å². The Bertz CT molecular complexity index is 273. The highest BCUT2D eigenvalue weighted by atomic mass is 16.2. The van der Waals surface area contributed by atoms with E-state index in [4.69, 9.17) is 0 Å². The lowest BCUT2D eigenvalue weighted by molar-refractivity contribution is -0.145. The van der Waals surface area contributed by atoms with Gasteiger partial charge in [0.05, 0.1) is 0 Å². The number of nitrogens with one attached hydrogen (secondary N) is 2. The van der Waals surface area contributed by atoms with E-state index in [1.54, 1.807) is 0 Å². The van der Waals surface area contributed by atoms with Crippen LogP contribution in [0.3, 0.4) is 0 Å². The predicted molar refractivity (Wildman–Crippen MR) is 78.8 cm³/mol. The highest BCUT2D eigenvalue weighted by Crippen LogP contribution is 2.27. The molecule has 0 aliphatic heterocycles. The Hall–Kier alpha value is -1.06. The summed E-state index contributed by atoms with van der Waals surface area (Å²) in [6, 6.07) is 0.197. The van der Waals surface area contributed by atoms with Crippen LogP contribution < -0.4 is 10.6 Å². The van der Waals surface area contributed by atoms with Crippen molar-refractivity contribution in [1.82, 2.24) is 10.6 Å². The molecule has 4 heteroatoms. The molecule has 0 unspecified atom stereocenters. The lowest BCUT2D eigenvalue weighted by atomic mass is 9.79. The Balaban J connectivity index is 5.02. The third-order valence-electron chi connectivity index (χ3n) is 4.06. The lowest BCUT2D eigenvalue weighted by Crippen LogP contribution is -2.54. The number of rotatable bonds is 8. The Kier molecular flexibility index (Phi) is 7.72. The van der Waals surface area contributed by atoms with E-state index in [1.165, 1.54) is 0 Å². The highest BCUT2D eigenvalue weighted by Gasteiger charge is 2.43. The minimum absolute atomic E-state index is 0.0985. The van der Waals surface area contributed by atoms with Crippen LogP contribution in [0.2, 0.25) is 0 Å². The van der Waals surface area contributed by atoms with Gasteiger partial charge in [0.2, 0.25) is 11.8 Å². The SMILES string of the molecule is CC[C@@H](C)NC(=O)C(CC)(CC)C(=O)N[C@@H](C)CC. The van der Waals surface area contributed by atoms with E-state index in [0.29, 0.717) is 12.8 Å². The van der Waals surface area contributed by atoms with Crippen molar-refractivity contribution in [3.8, 4) is 0 Å². The fourth-order valence-electron chi connectivity index (χ4n) is 1.92. The average Bonchev–Trinajstić information content (AvgIpc) is 2.40. The number of carbonyl (C=O) groups excluding carboxylic acids is 2. The van der Waals surface area contributed by atoms with E-state index in [0.717, 1.165) is 12.8 Å². The van der Waals surface area contributed by atoms with Gasteiger partial charge in [0.25, 0.3) is 0 Å². The van der Waals surface area contributed by atoms with Crippen molar-refractivity contribution >= 4 is 11.8 Å². The third kappa shape index (κ3) is 4.51. The van der Waals surface area contributed by atoms with Crippen molar-refractivity contribution in [2.75, 3.05) is 0 Å². The summed E-state index contributed by atoms with van der Waals surface area (Å²) >= 11 is 0. The van der Waals surface area contributed by atoms with E-state index in [-0.39, 0.29) is 23.9 Å². The van der Waals surface area contributed by atoms with Crippen LogP contribution in [0.4, 0.5) is 0 Å². The maximum absolute atomic E-state index is 12.4.